The molecule has 0 radical (unpaired) electrons. The SMILES string of the molecule is CC(C)(C)CC(C)(C)NS(=O)(=O)c1ccc2oc(=O)ccc2c1. The number of fused-ring (bicyclic) bond motifs is 1. The topological polar surface area (TPSA) is 76.4 Å². The smallest absolute Gasteiger partial charge is 0.336 e. The summed E-state index contributed by atoms with van der Waals surface area (Å²) in [5.74, 6) is 0. The third-order valence-corrected chi connectivity index (χ3v) is 4.98. The van der Waals surface area contributed by atoms with Crippen LogP contribution in [0.3, 0.4) is 0 Å². The first-order chi connectivity index (χ1) is 10.4. The van der Waals surface area contributed by atoms with Crippen LogP contribution in [0.25, 0.3) is 11.0 Å². The van der Waals surface area contributed by atoms with Gasteiger partial charge in [0.15, 0.2) is 0 Å². The molecule has 1 heterocycles. The second-order valence-corrected chi connectivity index (χ2v) is 9.36. The highest BCUT2D eigenvalue weighted by molar-refractivity contribution is 7.89. The van der Waals surface area contributed by atoms with Gasteiger partial charge in [-0.1, -0.05) is 20.8 Å². The molecule has 5 nitrogen and oxygen atoms in total. The summed E-state index contributed by atoms with van der Waals surface area (Å²) in [6, 6.07) is 7.28. The van der Waals surface area contributed by atoms with Crippen LogP contribution in [0.2, 0.25) is 0 Å². The average molecular weight is 337 g/mol. The van der Waals surface area contributed by atoms with Crippen molar-refractivity contribution in [1.82, 2.24) is 4.72 Å². The predicted octanol–water partition coefficient (Wildman–Crippen LogP) is 3.29. The fourth-order valence-corrected chi connectivity index (χ4v) is 4.45. The van der Waals surface area contributed by atoms with Crippen LogP contribution in [-0.2, 0) is 10.0 Å². The average Bonchev–Trinajstić information content (AvgIpc) is 2.33. The van der Waals surface area contributed by atoms with Crippen LogP contribution in [0.1, 0.15) is 41.0 Å². The van der Waals surface area contributed by atoms with E-state index in [-0.39, 0.29) is 10.3 Å². The summed E-state index contributed by atoms with van der Waals surface area (Å²) >= 11 is 0. The molecule has 0 fully saturated rings. The summed E-state index contributed by atoms with van der Waals surface area (Å²) in [6.07, 6.45) is 0.696. The van der Waals surface area contributed by atoms with Crippen molar-refractivity contribution >= 4 is 21.0 Å². The highest BCUT2D eigenvalue weighted by Gasteiger charge is 2.30. The Morgan fingerprint density at radius 3 is 2.30 bits per heavy atom. The number of nitrogens with one attached hydrogen (secondary N) is 1. The zero-order valence-electron chi connectivity index (χ0n) is 14.1. The van der Waals surface area contributed by atoms with Crippen molar-refractivity contribution in [2.24, 2.45) is 5.41 Å². The van der Waals surface area contributed by atoms with E-state index in [4.69, 9.17) is 4.42 Å². The summed E-state index contributed by atoms with van der Waals surface area (Å²) in [5.41, 5.74) is -0.670. The van der Waals surface area contributed by atoms with Crippen LogP contribution in [0.5, 0.6) is 0 Å². The Morgan fingerprint density at radius 2 is 1.70 bits per heavy atom. The molecule has 0 saturated heterocycles. The number of sulfonamides is 1. The zero-order chi connectivity index (χ0) is 17.5. The van der Waals surface area contributed by atoms with Gasteiger partial charge < -0.3 is 4.42 Å². The van der Waals surface area contributed by atoms with Gasteiger partial charge in [0.25, 0.3) is 0 Å². The van der Waals surface area contributed by atoms with Gasteiger partial charge in [-0.25, -0.2) is 17.9 Å². The molecule has 0 spiro atoms. The lowest BCUT2D eigenvalue weighted by atomic mass is 9.82. The lowest BCUT2D eigenvalue weighted by Gasteiger charge is -2.33. The monoisotopic (exact) mass is 337 g/mol. The number of hydrogen-bond acceptors (Lipinski definition) is 4. The molecule has 6 heteroatoms. The number of rotatable bonds is 4. The van der Waals surface area contributed by atoms with E-state index < -0.39 is 21.2 Å². The largest absolute Gasteiger partial charge is 0.423 e. The first kappa shape index (κ1) is 17.7. The van der Waals surface area contributed by atoms with Crippen molar-refractivity contribution in [2.45, 2.75) is 51.5 Å². The van der Waals surface area contributed by atoms with E-state index in [1.54, 1.807) is 6.07 Å². The Labute approximate surface area is 136 Å². The molecule has 2 aromatic rings. The van der Waals surface area contributed by atoms with E-state index in [0.717, 1.165) is 0 Å². The van der Waals surface area contributed by atoms with E-state index in [9.17, 15) is 13.2 Å². The number of hydrogen-bond donors (Lipinski definition) is 1. The molecule has 23 heavy (non-hydrogen) atoms. The van der Waals surface area contributed by atoms with Crippen LogP contribution in [0.4, 0.5) is 0 Å². The maximum atomic E-state index is 12.6. The van der Waals surface area contributed by atoms with Crippen molar-refractivity contribution in [2.75, 3.05) is 0 Å². The molecule has 0 bridgehead atoms. The van der Waals surface area contributed by atoms with Crippen LogP contribution in [0.15, 0.2) is 44.4 Å². The van der Waals surface area contributed by atoms with E-state index >= 15 is 0 Å². The van der Waals surface area contributed by atoms with Crippen molar-refractivity contribution in [3.8, 4) is 0 Å². The first-order valence-electron chi connectivity index (χ1n) is 7.46. The van der Waals surface area contributed by atoms with Gasteiger partial charge in [0, 0.05) is 17.0 Å². The van der Waals surface area contributed by atoms with Gasteiger partial charge in [0.05, 0.1) is 4.90 Å². The standard InChI is InChI=1S/C17H23NO4S/c1-16(2,3)11-17(4,5)18-23(20,21)13-7-8-14-12(10-13)6-9-15(19)22-14/h6-10,18H,11H2,1-5H3. The van der Waals surface area contributed by atoms with Crippen LogP contribution < -0.4 is 10.3 Å². The van der Waals surface area contributed by atoms with E-state index in [1.165, 1.54) is 24.3 Å². The molecule has 1 N–H and O–H groups in total. The Bertz CT molecular complexity index is 873. The second kappa shape index (κ2) is 5.76. The van der Waals surface area contributed by atoms with Crippen LogP contribution in [0, 0.1) is 5.41 Å². The van der Waals surface area contributed by atoms with Crippen LogP contribution in [-0.4, -0.2) is 14.0 Å². The highest BCUT2D eigenvalue weighted by atomic mass is 32.2. The summed E-state index contributed by atoms with van der Waals surface area (Å²) in [7, 11) is -3.66. The normalized spacial score (nSPS) is 13.4. The quantitative estimate of drug-likeness (QED) is 0.869. The minimum absolute atomic E-state index is 0.00118. The van der Waals surface area contributed by atoms with Crippen molar-refractivity contribution in [3.05, 3.63) is 40.8 Å². The molecule has 0 unspecified atom stereocenters. The van der Waals surface area contributed by atoms with Crippen molar-refractivity contribution in [1.29, 1.82) is 0 Å². The Balaban J connectivity index is 2.36. The van der Waals surface area contributed by atoms with Crippen molar-refractivity contribution < 1.29 is 12.8 Å². The fourth-order valence-electron chi connectivity index (χ4n) is 3.00. The molecule has 1 aromatic carbocycles. The molecule has 0 aliphatic carbocycles. The molecular formula is C17H23NO4S. The van der Waals surface area contributed by atoms with Gasteiger partial charge in [0.2, 0.25) is 10.0 Å². The predicted molar refractivity (Wildman–Crippen MR) is 91.0 cm³/mol. The molecule has 0 aliphatic rings. The maximum absolute atomic E-state index is 12.6. The second-order valence-electron chi connectivity index (χ2n) is 7.68. The Hall–Kier alpha value is -1.66. The maximum Gasteiger partial charge on any atom is 0.336 e. The Morgan fingerprint density at radius 1 is 1.04 bits per heavy atom. The lowest BCUT2D eigenvalue weighted by Crippen LogP contribution is -2.45. The van der Waals surface area contributed by atoms with E-state index in [0.29, 0.717) is 17.4 Å². The first-order valence-corrected chi connectivity index (χ1v) is 8.94. The highest BCUT2D eigenvalue weighted by Crippen LogP contribution is 2.28. The molecule has 0 amide bonds. The number of benzene rings is 1. The zero-order valence-corrected chi connectivity index (χ0v) is 15.0. The summed E-state index contributed by atoms with van der Waals surface area (Å²) in [6.45, 7) is 9.95. The van der Waals surface area contributed by atoms with Gasteiger partial charge in [-0.2, -0.15) is 0 Å². The lowest BCUT2D eigenvalue weighted by molar-refractivity contribution is 0.269. The molecule has 126 valence electrons. The molecular weight excluding hydrogens is 314 g/mol. The van der Waals surface area contributed by atoms with Gasteiger partial charge in [-0.05, 0) is 49.9 Å². The van der Waals surface area contributed by atoms with E-state index in [1.807, 2.05) is 13.8 Å². The third kappa shape index (κ3) is 4.65. The van der Waals surface area contributed by atoms with E-state index in [2.05, 4.69) is 25.5 Å². The fraction of sp³-hybridized carbons (Fsp3) is 0.471. The van der Waals surface area contributed by atoms with Crippen molar-refractivity contribution in [3.63, 3.8) is 0 Å². The van der Waals surface area contributed by atoms with Gasteiger partial charge in [-0.3, -0.25) is 0 Å². The third-order valence-electron chi connectivity index (χ3n) is 3.28. The van der Waals surface area contributed by atoms with Gasteiger partial charge in [-0.15, -0.1) is 0 Å². The molecule has 0 aliphatic heterocycles. The minimum atomic E-state index is -3.66. The Kier molecular flexibility index (Phi) is 4.43. The minimum Gasteiger partial charge on any atom is -0.423 e. The molecule has 2 rings (SSSR count). The summed E-state index contributed by atoms with van der Waals surface area (Å²) < 4.78 is 33.1. The summed E-state index contributed by atoms with van der Waals surface area (Å²) in [4.78, 5) is 11.3. The van der Waals surface area contributed by atoms with Gasteiger partial charge >= 0.3 is 5.63 Å². The molecule has 0 saturated carbocycles. The van der Waals surface area contributed by atoms with Crippen LogP contribution >= 0.6 is 0 Å². The summed E-state index contributed by atoms with van der Waals surface area (Å²) in [5, 5.41) is 0.570. The van der Waals surface area contributed by atoms with Gasteiger partial charge in [0.1, 0.15) is 5.58 Å². The molecule has 1 aromatic heterocycles. The molecule has 0 atom stereocenters.